The Hall–Kier alpha value is -2.48. The van der Waals surface area contributed by atoms with Gasteiger partial charge in [0.15, 0.2) is 0 Å². The highest BCUT2D eigenvalue weighted by Crippen LogP contribution is 2.16. The number of amides is 2. The lowest BCUT2D eigenvalue weighted by atomic mass is 10.0. The molecule has 0 aromatic heterocycles. The first-order valence-electron chi connectivity index (χ1n) is 9.87. The molecule has 1 unspecified atom stereocenters. The van der Waals surface area contributed by atoms with Crippen molar-refractivity contribution in [1.82, 2.24) is 14.5 Å². The number of carbonyl (C=O) groups is 2. The Kier molecular flexibility index (Phi) is 7.95. The number of nitrogens with one attached hydrogen (secondary N) is 2. The number of anilines is 1. The molecule has 10 heteroatoms. The van der Waals surface area contributed by atoms with E-state index in [1.807, 2.05) is 13.8 Å². The molecule has 1 aliphatic rings. The van der Waals surface area contributed by atoms with E-state index < -0.39 is 16.1 Å². The summed E-state index contributed by atoms with van der Waals surface area (Å²) in [7, 11) is -3.89. The zero-order chi connectivity index (χ0) is 22.5. The van der Waals surface area contributed by atoms with Crippen molar-refractivity contribution in [3.63, 3.8) is 0 Å². The Morgan fingerprint density at radius 2 is 1.63 bits per heavy atom. The van der Waals surface area contributed by atoms with Crippen LogP contribution >= 0.6 is 0 Å². The molecule has 1 aliphatic heterocycles. The van der Waals surface area contributed by atoms with E-state index in [0.29, 0.717) is 31.9 Å². The number of sulfonamides is 1. The topological polar surface area (TPSA) is 123 Å². The zero-order valence-electron chi connectivity index (χ0n) is 17.8. The summed E-state index contributed by atoms with van der Waals surface area (Å²) in [4.78, 5) is 27.5. The number of nitriles is 1. The Morgan fingerprint density at radius 1 is 1.07 bits per heavy atom. The zero-order valence-corrected chi connectivity index (χ0v) is 18.6. The molecular formula is C20H29N5O4S. The minimum Gasteiger partial charge on any atom is -0.339 e. The van der Waals surface area contributed by atoms with Crippen LogP contribution in [-0.2, 0) is 19.6 Å². The van der Waals surface area contributed by atoms with Crippen molar-refractivity contribution in [3.05, 3.63) is 24.3 Å². The number of hydrogen-bond donors (Lipinski definition) is 2. The first-order chi connectivity index (χ1) is 14.0. The molecule has 1 aromatic rings. The Labute approximate surface area is 178 Å². The van der Waals surface area contributed by atoms with E-state index in [2.05, 4.69) is 21.0 Å². The van der Waals surface area contributed by atoms with Gasteiger partial charge in [0, 0.05) is 38.8 Å². The monoisotopic (exact) mass is 435 g/mol. The smallest absolute Gasteiger partial charge is 0.241 e. The molecule has 164 valence electrons. The average Bonchev–Trinajstić information content (AvgIpc) is 2.68. The molecule has 2 rings (SSSR count). The minimum atomic E-state index is -3.89. The maximum atomic E-state index is 12.7. The van der Waals surface area contributed by atoms with Gasteiger partial charge in [0.05, 0.1) is 17.0 Å². The van der Waals surface area contributed by atoms with Crippen molar-refractivity contribution in [3.8, 4) is 6.07 Å². The Bertz CT molecular complexity index is 900. The van der Waals surface area contributed by atoms with Crippen molar-refractivity contribution in [2.24, 2.45) is 5.92 Å². The van der Waals surface area contributed by atoms with Gasteiger partial charge < -0.3 is 10.2 Å². The summed E-state index contributed by atoms with van der Waals surface area (Å²) in [5, 5.41) is 11.9. The lowest BCUT2D eigenvalue weighted by Crippen LogP contribution is -2.56. The van der Waals surface area contributed by atoms with E-state index in [-0.39, 0.29) is 28.7 Å². The molecule has 2 N–H and O–H groups in total. The first kappa shape index (κ1) is 23.8. The quantitative estimate of drug-likeness (QED) is 0.659. The van der Waals surface area contributed by atoms with Crippen LogP contribution in [-0.4, -0.2) is 68.3 Å². The largest absolute Gasteiger partial charge is 0.339 e. The van der Waals surface area contributed by atoms with Crippen LogP contribution in [0.2, 0.25) is 0 Å². The van der Waals surface area contributed by atoms with Gasteiger partial charge in [-0.15, -0.1) is 0 Å². The molecule has 1 saturated heterocycles. The van der Waals surface area contributed by atoms with Crippen molar-refractivity contribution in [1.29, 1.82) is 5.26 Å². The highest BCUT2D eigenvalue weighted by Gasteiger charge is 2.31. The second-order valence-electron chi connectivity index (χ2n) is 7.73. The highest BCUT2D eigenvalue weighted by molar-refractivity contribution is 7.89. The predicted molar refractivity (Wildman–Crippen MR) is 113 cm³/mol. The van der Waals surface area contributed by atoms with E-state index in [9.17, 15) is 23.3 Å². The summed E-state index contributed by atoms with van der Waals surface area (Å²) in [6, 6.07) is 6.91. The van der Waals surface area contributed by atoms with E-state index in [4.69, 9.17) is 0 Å². The van der Waals surface area contributed by atoms with Crippen LogP contribution in [0.5, 0.6) is 0 Å². The molecule has 30 heavy (non-hydrogen) atoms. The van der Waals surface area contributed by atoms with Crippen LogP contribution in [0.15, 0.2) is 29.2 Å². The first-order valence-corrected chi connectivity index (χ1v) is 11.4. The summed E-state index contributed by atoms with van der Waals surface area (Å²) in [6.07, 6.45) is 0. The van der Waals surface area contributed by atoms with Gasteiger partial charge in [0.2, 0.25) is 21.8 Å². The third kappa shape index (κ3) is 6.01. The number of carbonyl (C=O) groups excluding carboxylic acids is 2. The van der Waals surface area contributed by atoms with Gasteiger partial charge in [0.25, 0.3) is 0 Å². The number of rotatable bonds is 7. The van der Waals surface area contributed by atoms with Gasteiger partial charge in [-0.2, -0.15) is 9.98 Å². The average molecular weight is 436 g/mol. The third-order valence-corrected chi connectivity index (χ3v) is 6.53. The van der Waals surface area contributed by atoms with E-state index >= 15 is 0 Å². The predicted octanol–water partition coefficient (Wildman–Crippen LogP) is 1.00. The van der Waals surface area contributed by atoms with E-state index in [1.54, 1.807) is 4.90 Å². The van der Waals surface area contributed by atoms with E-state index in [0.717, 1.165) is 0 Å². The summed E-state index contributed by atoms with van der Waals surface area (Å²) in [6.45, 7) is 8.91. The maximum absolute atomic E-state index is 12.7. The summed E-state index contributed by atoms with van der Waals surface area (Å²) in [5.41, 5.74) is 0.487. The summed E-state index contributed by atoms with van der Waals surface area (Å²) >= 11 is 0. The molecular weight excluding hydrogens is 406 g/mol. The van der Waals surface area contributed by atoms with Crippen LogP contribution in [0.3, 0.4) is 0 Å². The van der Waals surface area contributed by atoms with Gasteiger partial charge >= 0.3 is 0 Å². The molecule has 0 aliphatic carbocycles. The fourth-order valence-electron chi connectivity index (χ4n) is 3.42. The molecule has 1 aromatic carbocycles. The molecule has 0 bridgehead atoms. The van der Waals surface area contributed by atoms with Crippen molar-refractivity contribution >= 4 is 27.5 Å². The number of piperazine rings is 1. The lowest BCUT2D eigenvalue weighted by Gasteiger charge is -2.38. The standard InChI is InChI=1S/C20H29N5O4S/c1-14(2)19(13-21)24-9-11-25(12-10-24)20(27)15(3)23-30(28,29)18-7-5-17(6-8-18)22-16(4)26/h5-8,14-15,19,23H,9-12H2,1-4H3,(H,22,26)/t15-,19?/m0/s1. The third-order valence-electron chi connectivity index (χ3n) is 4.97. The molecule has 2 atom stereocenters. The van der Waals surface area contributed by atoms with Gasteiger partial charge in [-0.25, -0.2) is 8.42 Å². The number of hydrogen-bond acceptors (Lipinski definition) is 6. The van der Waals surface area contributed by atoms with Crippen LogP contribution in [0, 0.1) is 17.2 Å². The normalized spacial score (nSPS) is 17.3. The summed E-state index contributed by atoms with van der Waals surface area (Å²) in [5.74, 6) is -0.358. The molecule has 0 spiro atoms. The minimum absolute atomic E-state index is 0.00914. The van der Waals surface area contributed by atoms with Crippen molar-refractivity contribution in [2.75, 3.05) is 31.5 Å². The fraction of sp³-hybridized carbons (Fsp3) is 0.550. The van der Waals surface area contributed by atoms with Crippen molar-refractivity contribution < 1.29 is 18.0 Å². The fourth-order valence-corrected chi connectivity index (χ4v) is 4.62. The van der Waals surface area contributed by atoms with Gasteiger partial charge in [-0.1, -0.05) is 13.8 Å². The Balaban J connectivity index is 1.97. The van der Waals surface area contributed by atoms with Crippen LogP contribution in [0.4, 0.5) is 5.69 Å². The van der Waals surface area contributed by atoms with Crippen LogP contribution in [0.1, 0.15) is 27.7 Å². The van der Waals surface area contributed by atoms with Gasteiger partial charge in [0.1, 0.15) is 6.04 Å². The molecule has 1 fully saturated rings. The summed E-state index contributed by atoms with van der Waals surface area (Å²) < 4.78 is 27.6. The maximum Gasteiger partial charge on any atom is 0.241 e. The molecule has 9 nitrogen and oxygen atoms in total. The molecule has 2 amide bonds. The number of benzene rings is 1. The van der Waals surface area contributed by atoms with E-state index in [1.165, 1.54) is 38.1 Å². The second-order valence-corrected chi connectivity index (χ2v) is 9.44. The highest BCUT2D eigenvalue weighted by atomic mass is 32.2. The van der Waals surface area contributed by atoms with Crippen LogP contribution < -0.4 is 10.0 Å². The lowest BCUT2D eigenvalue weighted by molar-refractivity contribution is -0.134. The second kappa shape index (κ2) is 10.0. The SMILES string of the molecule is CC(=O)Nc1ccc(S(=O)(=O)N[C@@H](C)C(=O)N2CCN(C(C#N)C(C)C)CC2)cc1. The van der Waals surface area contributed by atoms with Crippen LogP contribution in [0.25, 0.3) is 0 Å². The molecule has 1 heterocycles. The Morgan fingerprint density at radius 3 is 2.10 bits per heavy atom. The molecule has 0 saturated carbocycles. The van der Waals surface area contributed by atoms with Gasteiger partial charge in [-0.05, 0) is 37.1 Å². The molecule has 0 radical (unpaired) electrons. The van der Waals surface area contributed by atoms with Crippen molar-refractivity contribution in [2.45, 2.75) is 44.7 Å². The van der Waals surface area contributed by atoms with Gasteiger partial charge in [-0.3, -0.25) is 14.5 Å². The number of nitrogens with zero attached hydrogens (tertiary/aromatic N) is 3.